The number of carbonyl (C=O) groups excluding carboxylic acids is 2. The summed E-state index contributed by atoms with van der Waals surface area (Å²) in [7, 11) is 0. The molecule has 2 aromatic carbocycles. The monoisotopic (exact) mass is 805 g/mol. The van der Waals surface area contributed by atoms with Crippen molar-refractivity contribution in [3.63, 3.8) is 0 Å². The highest BCUT2D eigenvalue weighted by molar-refractivity contribution is 8.00. The van der Waals surface area contributed by atoms with Gasteiger partial charge in [0.25, 0.3) is 0 Å². The predicted molar refractivity (Wildman–Crippen MR) is 231 cm³/mol. The number of aromatic nitrogens is 2. The molecule has 12 nitrogen and oxygen atoms in total. The fourth-order valence-corrected chi connectivity index (χ4v) is 7.48. The van der Waals surface area contributed by atoms with Gasteiger partial charge in [0.15, 0.2) is 0 Å². The number of nitrogens with one attached hydrogen (secondary N) is 5. The lowest BCUT2D eigenvalue weighted by atomic mass is 10.2. The van der Waals surface area contributed by atoms with E-state index in [-0.39, 0.29) is 29.7 Å². The van der Waals surface area contributed by atoms with E-state index in [1.807, 2.05) is 12.1 Å². The van der Waals surface area contributed by atoms with Gasteiger partial charge in [0, 0.05) is 37.9 Å². The summed E-state index contributed by atoms with van der Waals surface area (Å²) in [5.74, 6) is 0.403. The maximum atomic E-state index is 12.8. The van der Waals surface area contributed by atoms with Gasteiger partial charge in [-0.15, -0.1) is 11.8 Å². The number of hydrogen-bond acceptors (Lipinski definition) is 11. The summed E-state index contributed by atoms with van der Waals surface area (Å²) in [6.45, 7) is 8.03. The first-order valence-corrected chi connectivity index (χ1v) is 22.3. The highest BCUT2D eigenvalue weighted by Gasteiger charge is 2.29. The van der Waals surface area contributed by atoms with E-state index in [1.54, 1.807) is 12.3 Å². The number of thioether (sulfide) groups is 1. The van der Waals surface area contributed by atoms with Crippen molar-refractivity contribution < 1.29 is 19.1 Å². The molecule has 1 amide bonds. The molecule has 1 fully saturated rings. The summed E-state index contributed by atoms with van der Waals surface area (Å²) < 4.78 is 12.9. The molecule has 2 heterocycles. The van der Waals surface area contributed by atoms with Crippen LogP contribution >= 0.6 is 11.8 Å². The Labute approximate surface area is 344 Å². The molecule has 2 atom stereocenters. The first-order valence-electron chi connectivity index (χ1n) is 21.3. The van der Waals surface area contributed by atoms with Crippen molar-refractivity contribution in [2.45, 2.75) is 115 Å². The van der Waals surface area contributed by atoms with Gasteiger partial charge in [0.2, 0.25) is 5.91 Å². The molecule has 1 aliphatic heterocycles. The summed E-state index contributed by atoms with van der Waals surface area (Å²) in [4.78, 5) is 41.6. The fourth-order valence-electron chi connectivity index (χ4n) is 6.49. The standard InChI is InChI=1S/C44H67N7O5S/c52-40(23-11-3-13-26-45-28-15-5-17-30-47-33-37-19-7-1-8-20-37)49-39-25-32-51(44(54)50-39)41-36-57-43(56-41)35-55-42(53)24-12-4-14-27-46-29-16-6-18-31-48-34-38-21-9-2-10-22-38/h1-2,7-10,19-22,25,32,41,43,45-48H,3-6,11-18,23-24,26-31,33-36H2,(H,49,50,52,54)/t41-,43+/m0/s1. The zero-order valence-corrected chi connectivity index (χ0v) is 34.7. The van der Waals surface area contributed by atoms with Crippen molar-refractivity contribution in [3.8, 4) is 0 Å². The minimum absolute atomic E-state index is 0.142. The molecule has 0 bridgehead atoms. The third-order valence-electron chi connectivity index (χ3n) is 9.77. The number of benzene rings is 2. The number of rotatable bonds is 32. The van der Waals surface area contributed by atoms with Crippen LogP contribution in [0.25, 0.3) is 0 Å². The van der Waals surface area contributed by atoms with Gasteiger partial charge >= 0.3 is 11.7 Å². The molecule has 1 saturated heterocycles. The summed E-state index contributed by atoms with van der Waals surface area (Å²) in [5, 5.41) is 16.7. The Hall–Kier alpha value is -3.59. The van der Waals surface area contributed by atoms with Gasteiger partial charge in [-0.1, -0.05) is 86.3 Å². The summed E-state index contributed by atoms with van der Waals surface area (Å²) in [6, 6.07) is 22.6. The van der Waals surface area contributed by atoms with Crippen molar-refractivity contribution in [2.24, 2.45) is 0 Å². The smallest absolute Gasteiger partial charge is 0.351 e. The average Bonchev–Trinajstić information content (AvgIpc) is 3.70. The minimum Gasteiger partial charge on any atom is -0.462 e. The van der Waals surface area contributed by atoms with Crippen LogP contribution < -0.4 is 32.3 Å². The van der Waals surface area contributed by atoms with Gasteiger partial charge in [-0.25, -0.2) is 4.79 Å². The number of esters is 1. The SMILES string of the molecule is O=C(CCCCCNCCCCCNCc1ccccc1)Nc1ccn([C@@H]2CS[C@H](COC(=O)CCCCCNCCCCCNCc3ccccc3)O2)c(=O)n1. The van der Waals surface area contributed by atoms with Crippen molar-refractivity contribution in [2.75, 3.05) is 56.9 Å². The van der Waals surface area contributed by atoms with Crippen LogP contribution in [0.5, 0.6) is 0 Å². The van der Waals surface area contributed by atoms with Crippen molar-refractivity contribution in [1.82, 2.24) is 30.8 Å². The second-order valence-electron chi connectivity index (χ2n) is 14.7. The number of ether oxygens (including phenoxy) is 2. The van der Waals surface area contributed by atoms with E-state index >= 15 is 0 Å². The molecule has 0 aliphatic carbocycles. The first-order chi connectivity index (χ1) is 28.1. The van der Waals surface area contributed by atoms with E-state index in [0.717, 1.165) is 90.9 Å². The van der Waals surface area contributed by atoms with Gasteiger partial charge in [-0.2, -0.15) is 4.98 Å². The second kappa shape index (κ2) is 29.6. The average molecular weight is 806 g/mol. The number of carbonyl (C=O) groups is 2. The molecule has 1 aromatic heterocycles. The Morgan fingerprint density at radius 2 is 1.18 bits per heavy atom. The molecule has 13 heteroatoms. The molecule has 1 aliphatic rings. The maximum Gasteiger partial charge on any atom is 0.351 e. The Morgan fingerprint density at radius 1 is 0.667 bits per heavy atom. The lowest BCUT2D eigenvalue weighted by Gasteiger charge is -2.15. The third-order valence-corrected chi connectivity index (χ3v) is 10.9. The third kappa shape index (κ3) is 21.1. The molecular weight excluding hydrogens is 739 g/mol. The number of anilines is 1. The number of hydrogen-bond donors (Lipinski definition) is 5. The Morgan fingerprint density at radius 3 is 1.72 bits per heavy atom. The molecule has 5 N–H and O–H groups in total. The van der Waals surface area contributed by atoms with Crippen LogP contribution in [0, 0.1) is 0 Å². The van der Waals surface area contributed by atoms with Gasteiger partial charge in [-0.05, 0) is 108 Å². The van der Waals surface area contributed by atoms with E-state index in [1.165, 1.54) is 66.0 Å². The lowest BCUT2D eigenvalue weighted by Crippen LogP contribution is -2.29. The molecule has 0 radical (unpaired) electrons. The lowest BCUT2D eigenvalue weighted by molar-refractivity contribution is -0.147. The Kier molecular flexibility index (Phi) is 23.9. The van der Waals surface area contributed by atoms with Gasteiger partial charge in [0.05, 0.1) is 0 Å². The van der Waals surface area contributed by atoms with Crippen LogP contribution in [-0.4, -0.2) is 78.5 Å². The van der Waals surface area contributed by atoms with Gasteiger partial charge in [0.1, 0.15) is 24.1 Å². The quantitative estimate of drug-likeness (QED) is 0.0347. The van der Waals surface area contributed by atoms with Crippen LogP contribution in [0.1, 0.15) is 107 Å². The molecule has 314 valence electrons. The van der Waals surface area contributed by atoms with E-state index in [0.29, 0.717) is 18.6 Å². The summed E-state index contributed by atoms with van der Waals surface area (Å²) in [6.07, 6.45) is 14.5. The normalized spacial score (nSPS) is 15.2. The van der Waals surface area contributed by atoms with Crippen LogP contribution in [0.2, 0.25) is 0 Å². The van der Waals surface area contributed by atoms with Gasteiger partial charge < -0.3 is 36.1 Å². The zero-order valence-electron chi connectivity index (χ0n) is 33.9. The first kappa shape index (κ1) is 46.1. The number of amides is 1. The van der Waals surface area contributed by atoms with Crippen LogP contribution in [-0.2, 0) is 32.2 Å². The predicted octanol–water partition coefficient (Wildman–Crippen LogP) is 6.53. The maximum absolute atomic E-state index is 12.8. The van der Waals surface area contributed by atoms with Crippen LogP contribution in [0.15, 0.2) is 77.7 Å². The van der Waals surface area contributed by atoms with E-state index in [4.69, 9.17) is 9.47 Å². The summed E-state index contributed by atoms with van der Waals surface area (Å²) >= 11 is 1.50. The van der Waals surface area contributed by atoms with E-state index in [9.17, 15) is 14.4 Å². The Balaban J connectivity index is 0.920. The second-order valence-corrected chi connectivity index (χ2v) is 15.8. The summed E-state index contributed by atoms with van der Waals surface area (Å²) in [5.41, 5.74) is 1.80. The fraction of sp³-hybridized carbons (Fsp3) is 0.591. The molecule has 0 saturated carbocycles. The molecule has 0 unspecified atom stereocenters. The van der Waals surface area contributed by atoms with Gasteiger partial charge in [-0.3, -0.25) is 14.2 Å². The largest absolute Gasteiger partial charge is 0.462 e. The molecule has 57 heavy (non-hydrogen) atoms. The molecular formula is C44H67N7O5S. The minimum atomic E-state index is -0.511. The van der Waals surface area contributed by atoms with Crippen LogP contribution in [0.4, 0.5) is 5.82 Å². The molecule has 3 aromatic rings. The van der Waals surface area contributed by atoms with E-state index < -0.39 is 11.9 Å². The Bertz CT molecular complexity index is 1570. The van der Waals surface area contributed by atoms with E-state index in [2.05, 4.69) is 80.1 Å². The topological polar surface area (TPSA) is 148 Å². The molecule has 0 spiro atoms. The number of nitrogens with zero attached hydrogens (tertiary/aromatic N) is 2. The molecule has 4 rings (SSSR count). The van der Waals surface area contributed by atoms with Crippen molar-refractivity contribution in [3.05, 3.63) is 94.5 Å². The van der Waals surface area contributed by atoms with Crippen molar-refractivity contribution in [1.29, 1.82) is 0 Å². The number of unbranched alkanes of at least 4 members (excludes halogenated alkanes) is 8. The highest BCUT2D eigenvalue weighted by atomic mass is 32.2. The zero-order chi connectivity index (χ0) is 40.0. The van der Waals surface area contributed by atoms with Crippen molar-refractivity contribution >= 4 is 29.5 Å². The highest BCUT2D eigenvalue weighted by Crippen LogP contribution is 2.31. The van der Waals surface area contributed by atoms with Crippen LogP contribution in [0.3, 0.4) is 0 Å².